The number of allylic oxidation sites excluding steroid dienone is 3. The minimum Gasteiger partial charge on any atom is -0.504 e. The number of Topliss-reactive ketones (excluding diaryl/α,β-unsaturated/α-hetero) is 1. The third-order valence-corrected chi connectivity index (χ3v) is 9.16. The van der Waals surface area contributed by atoms with Gasteiger partial charge in [0.2, 0.25) is 0 Å². The summed E-state index contributed by atoms with van der Waals surface area (Å²) in [5.74, 6) is 0.696. The molecule has 0 aliphatic carbocycles. The predicted molar refractivity (Wildman–Crippen MR) is 199 cm³/mol. The summed E-state index contributed by atoms with van der Waals surface area (Å²) in [5, 5.41) is 17.1. The molecule has 2 atom stereocenters. The van der Waals surface area contributed by atoms with Crippen molar-refractivity contribution in [3.63, 3.8) is 0 Å². The van der Waals surface area contributed by atoms with E-state index in [9.17, 15) is 14.7 Å². The highest BCUT2D eigenvalue weighted by Crippen LogP contribution is 2.33. The van der Waals surface area contributed by atoms with Gasteiger partial charge in [0.05, 0.1) is 19.7 Å². The predicted octanol–water partition coefficient (Wildman–Crippen LogP) is 7.23. The number of ketones is 2. The van der Waals surface area contributed by atoms with Gasteiger partial charge in [0.25, 0.3) is 0 Å². The molecule has 0 saturated heterocycles. The zero-order valence-electron chi connectivity index (χ0n) is 29.1. The number of carbonyl (C=O) groups excluding carboxylic acids is 2. The molecule has 3 aromatic rings. The molecule has 1 aliphatic heterocycles. The van der Waals surface area contributed by atoms with Gasteiger partial charge in [0.1, 0.15) is 5.78 Å². The quantitative estimate of drug-likeness (QED) is 0.0540. The van der Waals surface area contributed by atoms with Crippen LogP contribution < -0.4 is 21.1 Å². The smallest absolute Gasteiger partial charge is 0.163 e. The number of nitrogens with two attached hydrogens (primary N) is 1. The molecule has 0 bridgehead atoms. The molecule has 4 rings (SSSR count). The molecule has 0 radical (unpaired) electrons. The van der Waals surface area contributed by atoms with Crippen LogP contribution in [0.3, 0.4) is 0 Å². The zero-order valence-corrected chi connectivity index (χ0v) is 29.1. The largest absolute Gasteiger partial charge is 0.504 e. The molecule has 1 aliphatic rings. The van der Waals surface area contributed by atoms with Crippen LogP contribution in [0.5, 0.6) is 11.5 Å². The molecule has 49 heavy (non-hydrogen) atoms. The fourth-order valence-electron chi connectivity index (χ4n) is 6.41. The van der Waals surface area contributed by atoms with Crippen molar-refractivity contribution in [2.75, 3.05) is 20.7 Å². The van der Waals surface area contributed by atoms with Gasteiger partial charge in [-0.15, -0.1) is 0 Å². The second kappa shape index (κ2) is 20.1. The molecular formula is C42H53N3O4. The summed E-state index contributed by atoms with van der Waals surface area (Å²) in [4.78, 5) is 25.5. The fourth-order valence-corrected chi connectivity index (χ4v) is 6.41. The van der Waals surface area contributed by atoms with Gasteiger partial charge in [0.15, 0.2) is 17.3 Å². The number of aromatic hydroxyl groups is 1. The summed E-state index contributed by atoms with van der Waals surface area (Å²) in [5.41, 5.74) is 12.6. The molecular weight excluding hydrogens is 610 g/mol. The number of hydrogen-bond acceptors (Lipinski definition) is 7. The SMILES string of the molecule is CNC[C@H](CCCCCC(=O)CC(=O)/C=C/c1cc(OC)c(O)cc1CC1=CNC(N)C=C1CCc1ccccc1)CCc1ccccc1. The average Bonchev–Trinajstić information content (AvgIpc) is 3.11. The van der Waals surface area contributed by atoms with Gasteiger partial charge in [-0.25, -0.2) is 0 Å². The average molecular weight is 664 g/mol. The summed E-state index contributed by atoms with van der Waals surface area (Å²) in [6.07, 6.45) is 15.6. The van der Waals surface area contributed by atoms with E-state index in [1.54, 1.807) is 18.2 Å². The van der Waals surface area contributed by atoms with Gasteiger partial charge < -0.3 is 26.2 Å². The van der Waals surface area contributed by atoms with Gasteiger partial charge in [0, 0.05) is 12.6 Å². The zero-order chi connectivity index (χ0) is 34.8. The number of carbonyl (C=O) groups is 2. The molecule has 5 N–H and O–H groups in total. The number of aryl methyl sites for hydroxylation is 2. The third kappa shape index (κ3) is 12.8. The van der Waals surface area contributed by atoms with E-state index in [4.69, 9.17) is 10.5 Å². The maximum atomic E-state index is 12.9. The molecule has 0 spiro atoms. The van der Waals surface area contributed by atoms with E-state index in [0.717, 1.165) is 80.2 Å². The van der Waals surface area contributed by atoms with Crippen LogP contribution >= 0.6 is 0 Å². The van der Waals surface area contributed by atoms with Crippen molar-refractivity contribution < 1.29 is 19.4 Å². The Morgan fingerprint density at radius 2 is 1.65 bits per heavy atom. The van der Waals surface area contributed by atoms with Crippen LogP contribution in [-0.4, -0.2) is 43.5 Å². The van der Waals surface area contributed by atoms with E-state index >= 15 is 0 Å². The van der Waals surface area contributed by atoms with Gasteiger partial charge in [-0.3, -0.25) is 9.59 Å². The lowest BCUT2D eigenvalue weighted by Gasteiger charge is -2.22. The van der Waals surface area contributed by atoms with Crippen LogP contribution in [0.25, 0.3) is 6.08 Å². The first-order valence-corrected chi connectivity index (χ1v) is 17.6. The number of phenolic OH excluding ortho intramolecular Hbond substituents is 1. The van der Waals surface area contributed by atoms with Crippen molar-refractivity contribution in [1.29, 1.82) is 0 Å². The highest BCUT2D eigenvalue weighted by molar-refractivity contribution is 6.06. The van der Waals surface area contributed by atoms with E-state index in [1.807, 2.05) is 37.5 Å². The Hall–Kier alpha value is -4.46. The lowest BCUT2D eigenvalue weighted by atomic mass is 9.90. The number of unbranched alkanes of at least 4 members (excludes halogenated alkanes) is 2. The fraction of sp³-hybridized carbons (Fsp3) is 0.381. The number of benzene rings is 3. The lowest BCUT2D eigenvalue weighted by Crippen LogP contribution is -2.35. The first kappa shape index (κ1) is 37.4. The molecule has 3 aromatic carbocycles. The van der Waals surface area contributed by atoms with Crippen LogP contribution in [0, 0.1) is 5.92 Å². The number of phenols is 1. The molecule has 7 nitrogen and oxygen atoms in total. The first-order chi connectivity index (χ1) is 23.8. The second-order valence-corrected chi connectivity index (χ2v) is 13.0. The molecule has 0 saturated carbocycles. The van der Waals surface area contributed by atoms with Gasteiger partial charge in [-0.1, -0.05) is 79.6 Å². The van der Waals surface area contributed by atoms with E-state index < -0.39 is 0 Å². The number of methoxy groups -OCH3 is 1. The van der Waals surface area contributed by atoms with Crippen LogP contribution in [0.1, 0.15) is 73.6 Å². The number of nitrogens with one attached hydrogen (secondary N) is 2. The minimum atomic E-state index is -0.270. The highest BCUT2D eigenvalue weighted by atomic mass is 16.5. The molecule has 0 amide bonds. The van der Waals surface area contributed by atoms with Crippen LogP contribution in [0.2, 0.25) is 0 Å². The molecule has 1 unspecified atom stereocenters. The number of hydrogen-bond donors (Lipinski definition) is 4. The van der Waals surface area contributed by atoms with Crippen molar-refractivity contribution in [3.05, 3.63) is 125 Å². The Balaban J connectivity index is 1.28. The Kier molecular flexibility index (Phi) is 15.4. The second-order valence-electron chi connectivity index (χ2n) is 13.0. The summed E-state index contributed by atoms with van der Waals surface area (Å²) >= 11 is 0. The van der Waals surface area contributed by atoms with Crippen molar-refractivity contribution in [2.24, 2.45) is 11.7 Å². The summed E-state index contributed by atoms with van der Waals surface area (Å²) in [7, 11) is 3.50. The minimum absolute atomic E-state index is 0.0283. The molecule has 7 heteroatoms. The summed E-state index contributed by atoms with van der Waals surface area (Å²) < 4.78 is 5.37. The monoisotopic (exact) mass is 663 g/mol. The molecule has 0 fully saturated rings. The summed E-state index contributed by atoms with van der Waals surface area (Å²) in [6, 6.07) is 24.3. The topological polar surface area (TPSA) is 114 Å². The standard InChI is InChI=1S/C42H53N3O4/c1-44-29-33(19-18-31-12-6-3-7-13-31)16-10-5-11-17-38(46)28-39(47)23-22-34-26-41(49-2)40(48)25-36(34)24-37-30-45-42(43)27-35(37)21-20-32-14-8-4-9-15-32/h3-4,6-9,12-15,22-23,25-27,30,33,42,44-45,48H,5,10-11,16-21,24,28-29,43H2,1-2H3/b23-22+/t33-,42?/m1/s1. The number of ether oxygens (including phenoxy) is 1. The molecule has 1 heterocycles. The lowest BCUT2D eigenvalue weighted by molar-refractivity contribution is -0.124. The van der Waals surface area contributed by atoms with Crippen LogP contribution in [-0.2, 0) is 28.9 Å². The van der Waals surface area contributed by atoms with Gasteiger partial charge >= 0.3 is 0 Å². The van der Waals surface area contributed by atoms with Crippen molar-refractivity contribution in [3.8, 4) is 11.5 Å². The Bertz CT molecular complexity index is 1580. The Labute approximate surface area is 292 Å². The Morgan fingerprint density at radius 3 is 2.35 bits per heavy atom. The van der Waals surface area contributed by atoms with Crippen molar-refractivity contribution >= 4 is 17.6 Å². The van der Waals surface area contributed by atoms with Crippen molar-refractivity contribution in [2.45, 2.75) is 76.8 Å². The normalized spacial score (nSPS) is 15.0. The first-order valence-electron chi connectivity index (χ1n) is 17.6. The molecule has 0 aromatic heterocycles. The van der Waals surface area contributed by atoms with Crippen molar-refractivity contribution in [1.82, 2.24) is 10.6 Å². The van der Waals surface area contributed by atoms with Crippen LogP contribution in [0.15, 0.2) is 102 Å². The van der Waals surface area contributed by atoms with Crippen LogP contribution in [0.4, 0.5) is 0 Å². The number of dihydropyridines is 1. The maximum absolute atomic E-state index is 12.9. The maximum Gasteiger partial charge on any atom is 0.163 e. The Morgan fingerprint density at radius 1 is 0.939 bits per heavy atom. The number of rotatable bonds is 21. The van der Waals surface area contributed by atoms with E-state index in [1.165, 1.54) is 24.3 Å². The van der Waals surface area contributed by atoms with E-state index in [-0.39, 0.29) is 29.9 Å². The van der Waals surface area contributed by atoms with Gasteiger partial charge in [-0.2, -0.15) is 0 Å². The highest BCUT2D eigenvalue weighted by Gasteiger charge is 2.17. The third-order valence-electron chi connectivity index (χ3n) is 9.16. The summed E-state index contributed by atoms with van der Waals surface area (Å²) in [6.45, 7) is 0.996. The molecule has 260 valence electrons. The van der Waals surface area contributed by atoms with E-state index in [0.29, 0.717) is 24.5 Å². The van der Waals surface area contributed by atoms with E-state index in [2.05, 4.69) is 53.1 Å². The van der Waals surface area contributed by atoms with Gasteiger partial charge in [-0.05, 0) is 122 Å².